The van der Waals surface area contributed by atoms with Crippen LogP contribution in [0, 0.1) is 13.8 Å². The number of carbonyl (C=O) groups excluding carboxylic acids is 2. The molecule has 0 spiro atoms. The van der Waals surface area contributed by atoms with Crippen LogP contribution in [0.5, 0.6) is 0 Å². The van der Waals surface area contributed by atoms with Gasteiger partial charge in [0, 0.05) is 0 Å². The van der Waals surface area contributed by atoms with Crippen LogP contribution in [0.15, 0.2) is 22.0 Å². The maximum atomic E-state index is 11.8. The van der Waals surface area contributed by atoms with Gasteiger partial charge in [0.25, 0.3) is 11.8 Å². The predicted molar refractivity (Wildman–Crippen MR) is 65.2 cm³/mol. The quantitative estimate of drug-likeness (QED) is 0.804. The Morgan fingerprint density at radius 3 is 2.56 bits per heavy atom. The average molecular weight is 265 g/mol. The summed E-state index contributed by atoms with van der Waals surface area (Å²) in [5, 5.41) is 5.45. The van der Waals surface area contributed by atoms with Crippen LogP contribution in [-0.4, -0.2) is 17.0 Å². The highest BCUT2D eigenvalue weighted by molar-refractivity contribution is 7.12. The molecule has 6 nitrogen and oxygen atoms in total. The lowest BCUT2D eigenvalue weighted by atomic mass is 10.2. The first kappa shape index (κ1) is 12.3. The molecule has 0 bridgehead atoms. The van der Waals surface area contributed by atoms with Gasteiger partial charge < -0.3 is 4.52 Å². The second-order valence-corrected chi connectivity index (χ2v) is 4.53. The van der Waals surface area contributed by atoms with E-state index in [1.165, 1.54) is 11.3 Å². The Bertz CT molecular complexity index is 555. The summed E-state index contributed by atoms with van der Waals surface area (Å²) in [6, 6.07) is 3.43. The van der Waals surface area contributed by atoms with Crippen LogP contribution in [0.4, 0.5) is 0 Å². The molecule has 0 aliphatic heterocycles. The van der Waals surface area contributed by atoms with Crippen molar-refractivity contribution in [1.82, 2.24) is 16.0 Å². The number of aromatic nitrogens is 1. The Balaban J connectivity index is 1.99. The Morgan fingerprint density at radius 1 is 1.28 bits per heavy atom. The monoisotopic (exact) mass is 265 g/mol. The first-order chi connectivity index (χ1) is 8.59. The van der Waals surface area contributed by atoms with Gasteiger partial charge in [-0.15, -0.1) is 11.3 Å². The van der Waals surface area contributed by atoms with Crippen LogP contribution in [0.1, 0.15) is 31.5 Å². The first-order valence-electron chi connectivity index (χ1n) is 5.16. The van der Waals surface area contributed by atoms with Crippen LogP contribution >= 0.6 is 11.3 Å². The molecule has 0 radical (unpaired) electrons. The zero-order chi connectivity index (χ0) is 13.1. The number of hydrazine groups is 1. The normalized spacial score (nSPS) is 10.1. The molecular formula is C11H11N3O3S. The van der Waals surface area contributed by atoms with E-state index in [-0.39, 0.29) is 5.91 Å². The Kier molecular flexibility index (Phi) is 3.42. The minimum absolute atomic E-state index is 0.335. The van der Waals surface area contributed by atoms with Gasteiger partial charge in [0.05, 0.1) is 10.6 Å². The second kappa shape index (κ2) is 5.01. The van der Waals surface area contributed by atoms with Crippen molar-refractivity contribution < 1.29 is 14.1 Å². The molecule has 0 unspecified atom stereocenters. The van der Waals surface area contributed by atoms with Gasteiger partial charge in [0.1, 0.15) is 11.3 Å². The van der Waals surface area contributed by atoms with Gasteiger partial charge in [-0.25, -0.2) is 0 Å². The molecule has 7 heteroatoms. The zero-order valence-corrected chi connectivity index (χ0v) is 10.6. The molecule has 0 atom stereocenters. The third-order valence-electron chi connectivity index (χ3n) is 2.29. The van der Waals surface area contributed by atoms with Crippen LogP contribution in [0.3, 0.4) is 0 Å². The van der Waals surface area contributed by atoms with Gasteiger partial charge in [0.2, 0.25) is 0 Å². The highest BCUT2D eigenvalue weighted by atomic mass is 32.1. The number of thiophene rings is 1. The van der Waals surface area contributed by atoms with E-state index >= 15 is 0 Å². The fourth-order valence-electron chi connectivity index (χ4n) is 1.45. The van der Waals surface area contributed by atoms with E-state index in [0.717, 1.165) is 0 Å². The Hall–Kier alpha value is -2.15. The number of hydrogen-bond acceptors (Lipinski definition) is 5. The summed E-state index contributed by atoms with van der Waals surface area (Å²) in [5.41, 5.74) is 5.47. The molecule has 0 aliphatic rings. The van der Waals surface area contributed by atoms with Crippen molar-refractivity contribution in [2.45, 2.75) is 13.8 Å². The van der Waals surface area contributed by atoms with E-state index in [1.807, 2.05) is 0 Å². The van der Waals surface area contributed by atoms with Gasteiger partial charge >= 0.3 is 0 Å². The van der Waals surface area contributed by atoms with Crippen LogP contribution in [0.25, 0.3) is 0 Å². The molecule has 0 aliphatic carbocycles. The molecule has 0 fully saturated rings. The van der Waals surface area contributed by atoms with Crippen molar-refractivity contribution in [3.8, 4) is 0 Å². The summed E-state index contributed by atoms with van der Waals surface area (Å²) in [6.45, 7) is 3.29. The summed E-state index contributed by atoms with van der Waals surface area (Å²) < 4.78 is 4.87. The molecule has 18 heavy (non-hydrogen) atoms. The fourth-order valence-corrected chi connectivity index (χ4v) is 2.07. The van der Waals surface area contributed by atoms with Gasteiger partial charge in [-0.3, -0.25) is 20.4 Å². The van der Waals surface area contributed by atoms with Gasteiger partial charge in [-0.2, -0.15) is 0 Å². The highest BCUT2D eigenvalue weighted by Crippen LogP contribution is 2.11. The van der Waals surface area contributed by atoms with Crippen molar-refractivity contribution in [3.05, 3.63) is 39.4 Å². The minimum Gasteiger partial charge on any atom is -0.361 e. The van der Waals surface area contributed by atoms with E-state index in [1.54, 1.807) is 31.4 Å². The summed E-state index contributed by atoms with van der Waals surface area (Å²) in [5.74, 6) is -0.392. The lowest BCUT2D eigenvalue weighted by molar-refractivity contribution is 0.0847. The molecule has 94 valence electrons. The standard InChI is InChI=1S/C11H11N3O3S/c1-6-9(7(2)17-14-6)11(16)13-12-10(15)8-4-3-5-18-8/h3-5H,1-2H3,(H,12,15)(H,13,16). The SMILES string of the molecule is Cc1noc(C)c1C(=O)NNC(=O)c1cccs1. The molecule has 2 N–H and O–H groups in total. The topological polar surface area (TPSA) is 84.2 Å². The van der Waals surface area contributed by atoms with Gasteiger partial charge in [-0.05, 0) is 25.3 Å². The maximum Gasteiger partial charge on any atom is 0.279 e. The third kappa shape index (κ3) is 2.40. The lowest BCUT2D eigenvalue weighted by Crippen LogP contribution is -2.41. The van der Waals surface area contributed by atoms with Crippen LogP contribution in [-0.2, 0) is 0 Å². The summed E-state index contributed by atoms with van der Waals surface area (Å²) >= 11 is 1.29. The number of carbonyl (C=O) groups is 2. The molecule has 0 aromatic carbocycles. The largest absolute Gasteiger partial charge is 0.361 e. The van der Waals surface area contributed by atoms with Crippen molar-refractivity contribution in [2.24, 2.45) is 0 Å². The molecule has 2 rings (SSSR count). The molecule has 2 heterocycles. The number of hydrogen-bond donors (Lipinski definition) is 2. The second-order valence-electron chi connectivity index (χ2n) is 3.58. The fraction of sp³-hybridized carbons (Fsp3) is 0.182. The maximum absolute atomic E-state index is 11.8. The Morgan fingerprint density at radius 2 is 2.00 bits per heavy atom. The molecule has 2 aromatic rings. The van der Waals surface area contributed by atoms with E-state index in [9.17, 15) is 9.59 Å². The van der Waals surface area contributed by atoms with E-state index in [0.29, 0.717) is 21.9 Å². The average Bonchev–Trinajstić information content (AvgIpc) is 2.96. The van der Waals surface area contributed by atoms with Crippen molar-refractivity contribution in [2.75, 3.05) is 0 Å². The van der Waals surface area contributed by atoms with Crippen LogP contribution < -0.4 is 10.9 Å². The number of nitrogens with one attached hydrogen (secondary N) is 2. The number of aryl methyl sites for hydroxylation is 2. The van der Waals surface area contributed by atoms with Gasteiger partial charge in [0.15, 0.2) is 0 Å². The highest BCUT2D eigenvalue weighted by Gasteiger charge is 2.18. The molecule has 2 amide bonds. The van der Waals surface area contributed by atoms with Crippen molar-refractivity contribution in [1.29, 1.82) is 0 Å². The smallest absolute Gasteiger partial charge is 0.279 e. The predicted octanol–water partition coefficient (Wildman–Crippen LogP) is 1.43. The number of rotatable bonds is 2. The van der Waals surface area contributed by atoms with E-state index in [2.05, 4.69) is 16.0 Å². The minimum atomic E-state index is -0.448. The van der Waals surface area contributed by atoms with Crippen LogP contribution in [0.2, 0.25) is 0 Å². The van der Waals surface area contributed by atoms with E-state index in [4.69, 9.17) is 4.52 Å². The molecule has 0 saturated heterocycles. The summed E-state index contributed by atoms with van der Waals surface area (Å²) in [6.07, 6.45) is 0. The molecule has 2 aromatic heterocycles. The van der Waals surface area contributed by atoms with Gasteiger partial charge in [-0.1, -0.05) is 11.2 Å². The van der Waals surface area contributed by atoms with Crippen molar-refractivity contribution >= 4 is 23.2 Å². The molecule has 0 saturated carbocycles. The Labute approximate surface area is 107 Å². The third-order valence-corrected chi connectivity index (χ3v) is 3.16. The molecular weight excluding hydrogens is 254 g/mol. The number of amides is 2. The summed E-state index contributed by atoms with van der Waals surface area (Å²) in [4.78, 5) is 23.9. The van der Waals surface area contributed by atoms with Crippen molar-refractivity contribution in [3.63, 3.8) is 0 Å². The lowest BCUT2D eigenvalue weighted by Gasteiger charge is -2.05. The summed E-state index contributed by atoms with van der Waals surface area (Å²) in [7, 11) is 0. The first-order valence-corrected chi connectivity index (χ1v) is 6.04. The van der Waals surface area contributed by atoms with E-state index < -0.39 is 5.91 Å². The number of nitrogens with zero attached hydrogens (tertiary/aromatic N) is 1. The zero-order valence-electron chi connectivity index (χ0n) is 9.81.